The van der Waals surface area contributed by atoms with E-state index in [1.165, 1.54) is 0 Å². The summed E-state index contributed by atoms with van der Waals surface area (Å²) in [5.74, 6) is 0. The van der Waals surface area contributed by atoms with Crippen LogP contribution in [0.15, 0.2) is 30.3 Å². The van der Waals surface area contributed by atoms with Crippen LogP contribution in [0.25, 0.3) is 0 Å². The van der Waals surface area contributed by atoms with Gasteiger partial charge in [-0.1, -0.05) is 0 Å². The summed E-state index contributed by atoms with van der Waals surface area (Å²) >= 11 is 0. The third kappa shape index (κ3) is 5.30. The molecule has 2 aromatic rings. The Balaban J connectivity index is 2.79. The number of benzene rings is 2. The van der Waals surface area contributed by atoms with Gasteiger partial charge < -0.3 is 5.73 Å². The SMILES string of the molecule is Nc1cc(C(F)(F)F)c(Cc2cc(C(F)(F)F)cc(C(F)(F)F)c2)c(C(F)(F)F)c1. The fourth-order valence-electron chi connectivity index (χ4n) is 2.72. The Kier molecular flexibility index (Phi) is 5.74. The van der Waals surface area contributed by atoms with Crippen molar-refractivity contribution in [2.45, 2.75) is 31.1 Å². The number of hydrogen-bond acceptors (Lipinski definition) is 1. The highest BCUT2D eigenvalue weighted by Crippen LogP contribution is 2.43. The average molecular weight is 455 g/mol. The third-order valence-electron chi connectivity index (χ3n) is 3.91. The van der Waals surface area contributed by atoms with Crippen LogP contribution >= 0.6 is 0 Å². The van der Waals surface area contributed by atoms with E-state index in [1.54, 1.807) is 0 Å². The van der Waals surface area contributed by atoms with Gasteiger partial charge in [-0.2, -0.15) is 52.7 Å². The highest BCUT2D eigenvalue weighted by atomic mass is 19.4. The molecule has 1 nitrogen and oxygen atoms in total. The second-order valence-corrected chi connectivity index (χ2v) is 6.18. The summed E-state index contributed by atoms with van der Waals surface area (Å²) in [5, 5.41) is 0. The number of rotatable bonds is 2. The molecule has 0 saturated heterocycles. The van der Waals surface area contributed by atoms with Gasteiger partial charge in [0.05, 0.1) is 22.3 Å². The van der Waals surface area contributed by atoms with E-state index in [1.807, 2.05) is 0 Å². The summed E-state index contributed by atoms with van der Waals surface area (Å²) in [6, 6.07) is 0.0886. The van der Waals surface area contributed by atoms with Crippen LogP contribution in [-0.4, -0.2) is 0 Å². The second-order valence-electron chi connectivity index (χ2n) is 6.18. The summed E-state index contributed by atoms with van der Waals surface area (Å²) in [7, 11) is 0. The van der Waals surface area contributed by atoms with Gasteiger partial charge in [0, 0.05) is 5.69 Å². The zero-order valence-electron chi connectivity index (χ0n) is 14.2. The van der Waals surface area contributed by atoms with Gasteiger partial charge in [-0.3, -0.25) is 0 Å². The van der Waals surface area contributed by atoms with E-state index in [9.17, 15) is 52.7 Å². The van der Waals surface area contributed by atoms with Gasteiger partial charge >= 0.3 is 24.7 Å². The van der Waals surface area contributed by atoms with Gasteiger partial charge in [0.25, 0.3) is 0 Å². The molecule has 0 heterocycles. The summed E-state index contributed by atoms with van der Waals surface area (Å²) in [5.41, 5.74) is -6.01. The minimum absolute atomic E-state index is 0.0614. The minimum atomic E-state index is -5.40. The zero-order chi connectivity index (χ0) is 23.3. The first kappa shape index (κ1) is 23.7. The topological polar surface area (TPSA) is 26.0 Å². The lowest BCUT2D eigenvalue weighted by atomic mass is 9.91. The monoisotopic (exact) mass is 455 g/mol. The van der Waals surface area contributed by atoms with Crippen molar-refractivity contribution in [1.82, 2.24) is 0 Å². The summed E-state index contributed by atoms with van der Waals surface area (Å²) in [4.78, 5) is 0. The van der Waals surface area contributed by atoms with E-state index in [0.717, 1.165) is 0 Å². The molecule has 0 fully saturated rings. The molecule has 0 radical (unpaired) electrons. The number of nitrogens with two attached hydrogens (primary N) is 1. The van der Waals surface area contributed by atoms with Gasteiger partial charge in [0.1, 0.15) is 0 Å². The highest BCUT2D eigenvalue weighted by Gasteiger charge is 2.42. The summed E-state index contributed by atoms with van der Waals surface area (Å²) in [6.07, 6.45) is -23.0. The highest BCUT2D eigenvalue weighted by molar-refractivity contribution is 5.53. The first-order valence-electron chi connectivity index (χ1n) is 7.65. The molecule has 0 aliphatic rings. The molecule has 0 amide bonds. The quantitative estimate of drug-likeness (QED) is 0.386. The molecular weight excluding hydrogens is 446 g/mol. The second kappa shape index (κ2) is 7.27. The summed E-state index contributed by atoms with van der Waals surface area (Å²) < 4.78 is 157. The Labute approximate surface area is 160 Å². The first-order valence-corrected chi connectivity index (χ1v) is 7.65. The van der Waals surface area contributed by atoms with E-state index in [0.29, 0.717) is 0 Å². The maximum Gasteiger partial charge on any atom is 0.416 e. The molecule has 0 aromatic heterocycles. The Hall–Kier alpha value is -2.60. The molecule has 2 rings (SSSR count). The van der Waals surface area contributed by atoms with E-state index in [4.69, 9.17) is 5.73 Å². The molecule has 0 aliphatic carbocycles. The van der Waals surface area contributed by atoms with Crippen LogP contribution < -0.4 is 5.73 Å². The Morgan fingerprint density at radius 3 is 1.20 bits per heavy atom. The minimum Gasteiger partial charge on any atom is -0.399 e. The van der Waals surface area contributed by atoms with Crippen LogP contribution in [0.2, 0.25) is 0 Å². The maximum atomic E-state index is 13.3. The number of anilines is 1. The third-order valence-corrected chi connectivity index (χ3v) is 3.91. The number of alkyl halides is 12. The molecule has 2 aromatic carbocycles. The molecule has 0 saturated carbocycles. The van der Waals surface area contributed by atoms with Crippen LogP contribution in [-0.2, 0) is 31.1 Å². The fraction of sp³-hybridized carbons (Fsp3) is 0.294. The molecule has 2 N–H and O–H groups in total. The van der Waals surface area contributed by atoms with Crippen molar-refractivity contribution in [1.29, 1.82) is 0 Å². The zero-order valence-corrected chi connectivity index (χ0v) is 14.2. The van der Waals surface area contributed by atoms with E-state index < -0.39 is 70.2 Å². The van der Waals surface area contributed by atoms with Gasteiger partial charge in [-0.25, -0.2) is 0 Å². The lowest BCUT2D eigenvalue weighted by Crippen LogP contribution is -2.18. The van der Waals surface area contributed by atoms with Crippen LogP contribution in [0.4, 0.5) is 58.4 Å². The van der Waals surface area contributed by atoms with E-state index >= 15 is 0 Å². The van der Waals surface area contributed by atoms with Gasteiger partial charge in [0.15, 0.2) is 0 Å². The Bertz CT molecular complexity index is 864. The van der Waals surface area contributed by atoms with Crippen molar-refractivity contribution in [3.05, 3.63) is 63.7 Å². The number of nitrogen functional groups attached to an aromatic ring is 1. The van der Waals surface area contributed by atoms with Crippen molar-refractivity contribution in [3.63, 3.8) is 0 Å². The number of hydrogen-bond donors (Lipinski definition) is 1. The molecular formula is C17H9F12N. The standard InChI is InChI=1S/C17H9F12N/c18-14(19,20)8-1-7(2-9(4-8)15(21,22)23)3-11-12(16(24,25)26)5-10(30)6-13(11)17(27,28)29/h1-2,4-6H,3,30H2. The molecule has 0 bridgehead atoms. The fourth-order valence-corrected chi connectivity index (χ4v) is 2.72. The lowest BCUT2D eigenvalue weighted by molar-refractivity contribution is -0.145. The molecule has 0 unspecified atom stereocenters. The van der Waals surface area contributed by atoms with Gasteiger partial charge in [0.2, 0.25) is 0 Å². The number of halogens is 12. The van der Waals surface area contributed by atoms with Crippen molar-refractivity contribution < 1.29 is 52.7 Å². The van der Waals surface area contributed by atoms with E-state index in [-0.39, 0.29) is 30.3 Å². The maximum absolute atomic E-state index is 13.3. The van der Waals surface area contributed by atoms with Gasteiger partial charge in [-0.05, 0) is 47.9 Å². The van der Waals surface area contributed by atoms with Crippen LogP contribution in [0.3, 0.4) is 0 Å². The predicted octanol–water partition coefficient (Wildman–Crippen LogP) is 6.93. The molecule has 13 heteroatoms. The van der Waals surface area contributed by atoms with E-state index in [2.05, 4.69) is 0 Å². The van der Waals surface area contributed by atoms with Gasteiger partial charge in [-0.15, -0.1) is 0 Å². The van der Waals surface area contributed by atoms with Crippen molar-refractivity contribution in [2.75, 3.05) is 5.73 Å². The predicted molar refractivity (Wildman–Crippen MR) is 80.1 cm³/mol. The smallest absolute Gasteiger partial charge is 0.399 e. The largest absolute Gasteiger partial charge is 0.416 e. The molecule has 0 spiro atoms. The molecule has 166 valence electrons. The normalized spacial score (nSPS) is 13.6. The average Bonchev–Trinajstić information content (AvgIpc) is 2.52. The van der Waals surface area contributed by atoms with Crippen LogP contribution in [0.5, 0.6) is 0 Å². The first-order chi connectivity index (χ1) is 13.3. The molecule has 30 heavy (non-hydrogen) atoms. The van der Waals surface area contributed by atoms with Crippen molar-refractivity contribution in [2.24, 2.45) is 0 Å². The van der Waals surface area contributed by atoms with Crippen LogP contribution in [0, 0.1) is 0 Å². The molecule has 0 atom stereocenters. The Morgan fingerprint density at radius 1 is 0.533 bits per heavy atom. The van der Waals surface area contributed by atoms with Crippen molar-refractivity contribution >= 4 is 5.69 Å². The summed E-state index contributed by atoms with van der Waals surface area (Å²) in [6.45, 7) is 0. The molecule has 0 aliphatic heterocycles. The van der Waals surface area contributed by atoms with Crippen molar-refractivity contribution in [3.8, 4) is 0 Å². The van der Waals surface area contributed by atoms with Crippen LogP contribution in [0.1, 0.15) is 33.4 Å². The lowest BCUT2D eigenvalue weighted by Gasteiger charge is -2.21. The Morgan fingerprint density at radius 2 is 0.900 bits per heavy atom.